The highest BCUT2D eigenvalue weighted by molar-refractivity contribution is 5.75. The van der Waals surface area contributed by atoms with Crippen molar-refractivity contribution in [3.05, 3.63) is 35.6 Å². The SMILES string of the molecule is CCCC1(C(=O)O)CCCN(C(C)c2cccc(F)c2)C1. The van der Waals surface area contributed by atoms with Crippen LogP contribution in [0.4, 0.5) is 4.39 Å². The predicted octanol–water partition coefficient (Wildman–Crippen LogP) is 3.85. The molecule has 4 heteroatoms. The Bertz CT molecular complexity index is 501. The van der Waals surface area contributed by atoms with Crippen molar-refractivity contribution in [2.45, 2.75) is 45.6 Å². The minimum absolute atomic E-state index is 0.0385. The molecule has 2 rings (SSSR count). The van der Waals surface area contributed by atoms with Gasteiger partial charge in [-0.2, -0.15) is 0 Å². The highest BCUT2D eigenvalue weighted by Gasteiger charge is 2.42. The maximum atomic E-state index is 13.4. The first-order valence-electron chi connectivity index (χ1n) is 7.71. The Kier molecular flexibility index (Phi) is 4.99. The first-order valence-corrected chi connectivity index (χ1v) is 7.71. The molecule has 21 heavy (non-hydrogen) atoms. The molecule has 116 valence electrons. The maximum Gasteiger partial charge on any atom is 0.310 e. The Hall–Kier alpha value is -1.42. The van der Waals surface area contributed by atoms with Crippen LogP contribution in [0, 0.1) is 11.2 Å². The van der Waals surface area contributed by atoms with Crippen LogP contribution >= 0.6 is 0 Å². The number of benzene rings is 1. The van der Waals surface area contributed by atoms with Crippen molar-refractivity contribution in [1.82, 2.24) is 4.90 Å². The number of hydrogen-bond acceptors (Lipinski definition) is 2. The van der Waals surface area contributed by atoms with E-state index in [9.17, 15) is 14.3 Å². The fourth-order valence-electron chi connectivity index (χ4n) is 3.44. The highest BCUT2D eigenvalue weighted by Crippen LogP contribution is 2.38. The Balaban J connectivity index is 2.18. The van der Waals surface area contributed by atoms with Crippen molar-refractivity contribution >= 4 is 5.97 Å². The molecule has 1 saturated heterocycles. The molecule has 2 unspecified atom stereocenters. The summed E-state index contributed by atoms with van der Waals surface area (Å²) in [5.74, 6) is -0.935. The van der Waals surface area contributed by atoms with Crippen molar-refractivity contribution in [2.24, 2.45) is 5.41 Å². The number of hydrogen-bond donors (Lipinski definition) is 1. The second-order valence-electron chi connectivity index (χ2n) is 6.14. The molecule has 0 saturated carbocycles. The maximum absolute atomic E-state index is 13.4. The number of aliphatic carboxylic acids is 1. The van der Waals surface area contributed by atoms with Gasteiger partial charge in [-0.1, -0.05) is 25.5 Å². The van der Waals surface area contributed by atoms with Gasteiger partial charge in [0.05, 0.1) is 5.41 Å². The molecule has 3 nitrogen and oxygen atoms in total. The molecule has 0 aromatic heterocycles. The van der Waals surface area contributed by atoms with Crippen LogP contribution < -0.4 is 0 Å². The van der Waals surface area contributed by atoms with Gasteiger partial charge in [0.15, 0.2) is 0 Å². The average Bonchev–Trinajstić information content (AvgIpc) is 2.47. The zero-order valence-electron chi connectivity index (χ0n) is 12.8. The molecule has 0 radical (unpaired) electrons. The van der Waals surface area contributed by atoms with Crippen LogP contribution in [-0.4, -0.2) is 29.1 Å². The van der Waals surface area contributed by atoms with Gasteiger partial charge >= 0.3 is 5.97 Å². The van der Waals surface area contributed by atoms with Crippen LogP contribution in [0.3, 0.4) is 0 Å². The van der Waals surface area contributed by atoms with Crippen LogP contribution in [0.25, 0.3) is 0 Å². The van der Waals surface area contributed by atoms with Crippen LogP contribution in [0.15, 0.2) is 24.3 Å². The minimum Gasteiger partial charge on any atom is -0.481 e. The largest absolute Gasteiger partial charge is 0.481 e. The van der Waals surface area contributed by atoms with Gasteiger partial charge in [-0.15, -0.1) is 0 Å². The third-order valence-corrected chi connectivity index (χ3v) is 4.67. The van der Waals surface area contributed by atoms with E-state index in [1.807, 2.05) is 19.9 Å². The van der Waals surface area contributed by atoms with E-state index in [2.05, 4.69) is 4.90 Å². The summed E-state index contributed by atoms with van der Waals surface area (Å²) in [5, 5.41) is 9.65. The van der Waals surface area contributed by atoms with E-state index in [0.717, 1.165) is 31.4 Å². The van der Waals surface area contributed by atoms with Crippen LogP contribution in [0.5, 0.6) is 0 Å². The first-order chi connectivity index (χ1) is 9.98. The van der Waals surface area contributed by atoms with E-state index in [1.54, 1.807) is 12.1 Å². The molecule has 1 aromatic carbocycles. The lowest BCUT2D eigenvalue weighted by Crippen LogP contribution is -2.48. The standard InChI is InChI=1S/C17H24FNO2/c1-3-8-17(16(20)21)9-5-10-19(12-17)13(2)14-6-4-7-15(18)11-14/h4,6-7,11,13H,3,5,8-10,12H2,1-2H3,(H,20,21). The van der Waals surface area contributed by atoms with E-state index in [0.29, 0.717) is 13.0 Å². The third kappa shape index (κ3) is 3.43. The number of carboxylic acids is 1. The molecule has 1 fully saturated rings. The molecule has 1 aliphatic heterocycles. The Labute approximate surface area is 125 Å². The van der Waals surface area contributed by atoms with E-state index in [1.165, 1.54) is 6.07 Å². The summed E-state index contributed by atoms with van der Waals surface area (Å²) in [6.07, 6.45) is 3.19. The fourth-order valence-corrected chi connectivity index (χ4v) is 3.44. The zero-order chi connectivity index (χ0) is 15.5. The second-order valence-corrected chi connectivity index (χ2v) is 6.14. The normalized spacial score (nSPS) is 24.7. The molecule has 0 amide bonds. The van der Waals surface area contributed by atoms with Gasteiger partial charge in [0.1, 0.15) is 5.82 Å². The summed E-state index contributed by atoms with van der Waals surface area (Å²) < 4.78 is 13.4. The summed E-state index contributed by atoms with van der Waals surface area (Å²) in [5.41, 5.74) is 0.266. The van der Waals surface area contributed by atoms with Crippen molar-refractivity contribution in [1.29, 1.82) is 0 Å². The molecule has 1 aliphatic rings. The van der Waals surface area contributed by atoms with Gasteiger partial charge in [-0.25, -0.2) is 4.39 Å². The average molecular weight is 293 g/mol. The van der Waals surface area contributed by atoms with E-state index in [-0.39, 0.29) is 11.9 Å². The number of likely N-dealkylation sites (tertiary alicyclic amines) is 1. The van der Waals surface area contributed by atoms with E-state index < -0.39 is 11.4 Å². The van der Waals surface area contributed by atoms with E-state index in [4.69, 9.17) is 0 Å². The molecule has 0 aliphatic carbocycles. The molecular weight excluding hydrogens is 269 g/mol. The second kappa shape index (κ2) is 6.56. The molecule has 1 aromatic rings. The summed E-state index contributed by atoms with van der Waals surface area (Å²) in [6.45, 7) is 5.47. The minimum atomic E-state index is -0.694. The number of halogens is 1. The van der Waals surface area contributed by atoms with Crippen molar-refractivity contribution in [3.63, 3.8) is 0 Å². The molecule has 1 heterocycles. The third-order valence-electron chi connectivity index (χ3n) is 4.67. The monoisotopic (exact) mass is 293 g/mol. The quantitative estimate of drug-likeness (QED) is 0.896. The summed E-state index contributed by atoms with van der Waals surface area (Å²) in [6, 6.07) is 6.63. The van der Waals surface area contributed by atoms with E-state index >= 15 is 0 Å². The molecular formula is C17H24FNO2. The van der Waals surface area contributed by atoms with Crippen molar-refractivity contribution in [3.8, 4) is 0 Å². The smallest absolute Gasteiger partial charge is 0.310 e. The summed E-state index contributed by atoms with van der Waals surface area (Å²) >= 11 is 0. The predicted molar refractivity (Wildman–Crippen MR) is 80.6 cm³/mol. The number of piperidine rings is 1. The summed E-state index contributed by atoms with van der Waals surface area (Å²) in [7, 11) is 0. The topological polar surface area (TPSA) is 40.5 Å². The zero-order valence-corrected chi connectivity index (χ0v) is 12.8. The van der Waals surface area contributed by atoms with Gasteiger partial charge in [0, 0.05) is 12.6 Å². The highest BCUT2D eigenvalue weighted by atomic mass is 19.1. The first kappa shape index (κ1) is 16.0. The van der Waals surface area contributed by atoms with Crippen molar-refractivity contribution in [2.75, 3.05) is 13.1 Å². The lowest BCUT2D eigenvalue weighted by molar-refractivity contribution is -0.154. The lowest BCUT2D eigenvalue weighted by atomic mass is 9.76. The van der Waals surface area contributed by atoms with Gasteiger partial charge in [0.2, 0.25) is 0 Å². The Morgan fingerprint density at radius 1 is 1.52 bits per heavy atom. The lowest BCUT2D eigenvalue weighted by Gasteiger charge is -2.42. The van der Waals surface area contributed by atoms with Crippen molar-refractivity contribution < 1.29 is 14.3 Å². The Morgan fingerprint density at radius 2 is 2.29 bits per heavy atom. The van der Waals surface area contributed by atoms with Gasteiger partial charge in [-0.3, -0.25) is 9.69 Å². The molecule has 2 atom stereocenters. The molecule has 0 bridgehead atoms. The number of nitrogens with zero attached hydrogens (tertiary/aromatic N) is 1. The van der Waals surface area contributed by atoms with Gasteiger partial charge in [0.25, 0.3) is 0 Å². The number of carboxylic acid groups (broad SMARTS) is 1. The molecule has 0 spiro atoms. The molecule has 1 N–H and O–H groups in total. The number of rotatable bonds is 5. The number of carbonyl (C=O) groups is 1. The van der Waals surface area contributed by atoms with Crippen LogP contribution in [0.2, 0.25) is 0 Å². The summed E-state index contributed by atoms with van der Waals surface area (Å²) in [4.78, 5) is 13.9. The fraction of sp³-hybridized carbons (Fsp3) is 0.588. The Morgan fingerprint density at radius 3 is 2.90 bits per heavy atom. The van der Waals surface area contributed by atoms with Crippen LogP contribution in [0.1, 0.15) is 51.1 Å². The van der Waals surface area contributed by atoms with Gasteiger partial charge < -0.3 is 5.11 Å². The van der Waals surface area contributed by atoms with Gasteiger partial charge in [-0.05, 0) is 50.4 Å². The van der Waals surface area contributed by atoms with Crippen LogP contribution in [-0.2, 0) is 4.79 Å².